The van der Waals surface area contributed by atoms with Crippen LogP contribution in [0.15, 0.2) is 0 Å². The van der Waals surface area contributed by atoms with E-state index < -0.39 is 12.0 Å². The molecule has 12 heavy (non-hydrogen) atoms. The van der Waals surface area contributed by atoms with E-state index in [1.165, 1.54) is 0 Å². The van der Waals surface area contributed by atoms with Gasteiger partial charge >= 0.3 is 5.97 Å². The fourth-order valence-electron chi connectivity index (χ4n) is 0.721. The topological polar surface area (TPSA) is 99.2 Å². The first-order chi connectivity index (χ1) is 5.54. The van der Waals surface area contributed by atoms with Crippen LogP contribution in [-0.2, 0) is 4.79 Å². The van der Waals surface area contributed by atoms with Crippen LogP contribution in [0, 0.1) is 5.41 Å². The predicted molar refractivity (Wildman–Crippen MR) is 46.2 cm³/mol. The average Bonchev–Trinajstić information content (AvgIpc) is 1.97. The minimum atomic E-state index is -0.971. The van der Waals surface area contributed by atoms with Gasteiger partial charge in [0.25, 0.3) is 0 Å². The quantitative estimate of drug-likeness (QED) is 0.262. The van der Waals surface area contributed by atoms with Gasteiger partial charge in [0.1, 0.15) is 6.04 Å². The van der Waals surface area contributed by atoms with Crippen molar-refractivity contribution in [2.75, 3.05) is 6.54 Å². The van der Waals surface area contributed by atoms with Crippen LogP contribution >= 0.6 is 0 Å². The molecule has 0 aliphatic rings. The lowest BCUT2D eigenvalue weighted by Crippen LogP contribution is -2.31. The molecule has 0 amide bonds. The van der Waals surface area contributed by atoms with Crippen molar-refractivity contribution in [3.8, 4) is 0 Å². The van der Waals surface area contributed by atoms with E-state index >= 15 is 0 Å². The average molecular weight is 173 g/mol. The Kier molecular flexibility index (Phi) is 5.03. The summed E-state index contributed by atoms with van der Waals surface area (Å²) in [5.41, 5.74) is 5.25. The summed E-state index contributed by atoms with van der Waals surface area (Å²) in [6.45, 7) is 2.24. The van der Waals surface area contributed by atoms with Crippen LogP contribution in [0.2, 0.25) is 0 Å². The molecule has 0 saturated heterocycles. The van der Waals surface area contributed by atoms with Crippen LogP contribution in [-0.4, -0.2) is 29.5 Å². The summed E-state index contributed by atoms with van der Waals surface area (Å²) < 4.78 is 0. The van der Waals surface area contributed by atoms with Gasteiger partial charge in [-0.05, 0) is 19.8 Å². The van der Waals surface area contributed by atoms with Crippen LogP contribution in [0.25, 0.3) is 0 Å². The monoisotopic (exact) mass is 173 g/mol. The minimum Gasteiger partial charge on any atom is -0.480 e. The van der Waals surface area contributed by atoms with Crippen molar-refractivity contribution in [3.05, 3.63) is 0 Å². The van der Waals surface area contributed by atoms with Gasteiger partial charge in [-0.2, -0.15) is 0 Å². The largest absolute Gasteiger partial charge is 0.480 e. The molecule has 5 N–H and O–H groups in total. The van der Waals surface area contributed by atoms with Gasteiger partial charge in [-0.1, -0.05) is 0 Å². The number of carbonyl (C=O) groups is 1. The van der Waals surface area contributed by atoms with E-state index in [2.05, 4.69) is 5.32 Å². The van der Waals surface area contributed by atoms with Gasteiger partial charge in [-0.15, -0.1) is 0 Å². The van der Waals surface area contributed by atoms with E-state index in [0.717, 1.165) is 0 Å². The maximum Gasteiger partial charge on any atom is 0.320 e. The molecule has 70 valence electrons. The highest BCUT2D eigenvalue weighted by Crippen LogP contribution is 1.92. The Morgan fingerprint density at radius 2 is 2.33 bits per heavy atom. The van der Waals surface area contributed by atoms with E-state index in [9.17, 15) is 4.79 Å². The third-order valence-corrected chi connectivity index (χ3v) is 1.40. The molecule has 0 saturated carbocycles. The molecule has 0 spiro atoms. The molecule has 0 fully saturated rings. The lowest BCUT2D eigenvalue weighted by Gasteiger charge is -2.06. The van der Waals surface area contributed by atoms with E-state index in [0.29, 0.717) is 25.2 Å². The molecule has 5 heteroatoms. The fraction of sp³-hybridized carbons (Fsp3) is 0.714. The normalized spacial score (nSPS) is 12.2. The summed E-state index contributed by atoms with van der Waals surface area (Å²) in [6.07, 6.45) is 1.11. The van der Waals surface area contributed by atoms with Gasteiger partial charge in [-0.3, -0.25) is 10.2 Å². The highest BCUT2D eigenvalue weighted by atomic mass is 16.4. The van der Waals surface area contributed by atoms with Gasteiger partial charge < -0.3 is 16.2 Å². The number of aliphatic carboxylic acids is 1. The molecule has 0 aromatic carbocycles. The molecule has 0 aromatic rings. The van der Waals surface area contributed by atoms with Crippen molar-refractivity contribution in [2.24, 2.45) is 5.73 Å². The molecule has 1 atom stereocenters. The van der Waals surface area contributed by atoms with Gasteiger partial charge in [0.15, 0.2) is 0 Å². The Bertz CT molecular complexity index is 170. The lowest BCUT2D eigenvalue weighted by atomic mass is 10.2. The summed E-state index contributed by atoms with van der Waals surface area (Å²) in [7, 11) is 0. The highest BCUT2D eigenvalue weighted by molar-refractivity contribution is 5.75. The lowest BCUT2D eigenvalue weighted by molar-refractivity contribution is -0.138. The molecule has 5 nitrogen and oxygen atoms in total. The van der Waals surface area contributed by atoms with Crippen LogP contribution in [0.4, 0.5) is 0 Å². The molecule has 0 aromatic heterocycles. The number of hydrogen-bond acceptors (Lipinski definition) is 3. The van der Waals surface area contributed by atoms with Crippen molar-refractivity contribution in [2.45, 2.75) is 25.8 Å². The van der Waals surface area contributed by atoms with Crippen molar-refractivity contribution in [1.29, 1.82) is 5.41 Å². The third kappa shape index (κ3) is 5.67. The smallest absolute Gasteiger partial charge is 0.320 e. The summed E-state index contributed by atoms with van der Waals surface area (Å²) in [5.74, 6) is -0.583. The minimum absolute atomic E-state index is 0.388. The summed E-state index contributed by atoms with van der Waals surface area (Å²) in [4.78, 5) is 10.2. The van der Waals surface area contributed by atoms with Crippen LogP contribution in [0.1, 0.15) is 19.8 Å². The number of rotatable bonds is 5. The Labute approximate surface area is 71.5 Å². The zero-order valence-electron chi connectivity index (χ0n) is 7.13. The number of nitrogens with one attached hydrogen (secondary N) is 2. The van der Waals surface area contributed by atoms with Gasteiger partial charge in [0.2, 0.25) is 0 Å². The van der Waals surface area contributed by atoms with Crippen molar-refractivity contribution >= 4 is 11.8 Å². The van der Waals surface area contributed by atoms with Crippen molar-refractivity contribution in [1.82, 2.24) is 5.32 Å². The summed E-state index contributed by atoms with van der Waals surface area (Å²) >= 11 is 0. The number of amidine groups is 1. The molecule has 0 radical (unpaired) electrons. The van der Waals surface area contributed by atoms with Gasteiger partial charge in [0, 0.05) is 6.54 Å². The van der Waals surface area contributed by atoms with Crippen LogP contribution in [0.3, 0.4) is 0 Å². The first-order valence-corrected chi connectivity index (χ1v) is 3.81. The van der Waals surface area contributed by atoms with E-state index in [4.69, 9.17) is 16.2 Å². The standard InChI is InChI=1S/C7H15N3O2/c1-5(8)10-4-2-3-6(9)7(11)12/h6H,2-4,9H2,1H3,(H2,8,10)(H,11,12)/t6-/m1/s1. The Morgan fingerprint density at radius 1 is 1.75 bits per heavy atom. The van der Waals surface area contributed by atoms with E-state index in [1.54, 1.807) is 6.92 Å². The molecule has 0 heterocycles. The van der Waals surface area contributed by atoms with Crippen LogP contribution < -0.4 is 11.1 Å². The summed E-state index contributed by atoms with van der Waals surface area (Å²) in [5, 5.41) is 18.2. The van der Waals surface area contributed by atoms with Gasteiger partial charge in [0.05, 0.1) is 5.84 Å². The van der Waals surface area contributed by atoms with Crippen molar-refractivity contribution < 1.29 is 9.90 Å². The third-order valence-electron chi connectivity index (χ3n) is 1.40. The SMILES string of the molecule is CC(=N)NCCC[C@@H](N)C(=O)O. The molecule has 0 unspecified atom stereocenters. The fourth-order valence-corrected chi connectivity index (χ4v) is 0.721. The van der Waals surface area contributed by atoms with E-state index in [1.807, 2.05) is 0 Å². The van der Waals surface area contributed by atoms with Crippen molar-refractivity contribution in [3.63, 3.8) is 0 Å². The molecular formula is C7H15N3O2. The van der Waals surface area contributed by atoms with Crippen LogP contribution in [0.5, 0.6) is 0 Å². The zero-order chi connectivity index (χ0) is 9.56. The predicted octanol–water partition coefficient (Wildman–Crippen LogP) is -0.235. The maximum absolute atomic E-state index is 10.2. The number of hydrogen-bond donors (Lipinski definition) is 4. The molecule has 0 aliphatic carbocycles. The Morgan fingerprint density at radius 3 is 2.75 bits per heavy atom. The Hall–Kier alpha value is -1.10. The summed E-state index contributed by atoms with van der Waals surface area (Å²) in [6, 6.07) is -0.780. The number of carboxylic acids is 1. The number of carboxylic acid groups (broad SMARTS) is 1. The first kappa shape index (κ1) is 10.9. The van der Waals surface area contributed by atoms with Gasteiger partial charge in [-0.25, -0.2) is 0 Å². The van der Waals surface area contributed by atoms with E-state index in [-0.39, 0.29) is 0 Å². The molecular weight excluding hydrogens is 158 g/mol. The molecule has 0 aliphatic heterocycles. The molecule has 0 bridgehead atoms. The second-order valence-corrected chi connectivity index (χ2v) is 2.64. The highest BCUT2D eigenvalue weighted by Gasteiger charge is 2.09. The molecule has 0 rings (SSSR count). The first-order valence-electron chi connectivity index (χ1n) is 3.81. The second-order valence-electron chi connectivity index (χ2n) is 2.64. The Balaban J connectivity index is 3.31. The maximum atomic E-state index is 10.2. The number of nitrogens with two attached hydrogens (primary N) is 1. The second kappa shape index (κ2) is 5.54. The zero-order valence-corrected chi connectivity index (χ0v) is 7.13.